The summed E-state index contributed by atoms with van der Waals surface area (Å²) < 4.78 is 2.98. The molecule has 0 aliphatic rings. The number of aromatic nitrogens is 2. The zero-order valence-corrected chi connectivity index (χ0v) is 15.2. The van der Waals surface area contributed by atoms with Crippen molar-refractivity contribution in [2.24, 2.45) is 14.1 Å². The van der Waals surface area contributed by atoms with E-state index in [2.05, 4.69) is 15.9 Å². The predicted molar refractivity (Wildman–Crippen MR) is 94.2 cm³/mol. The number of aromatic hydroxyl groups is 1. The first kappa shape index (κ1) is 17.8. The van der Waals surface area contributed by atoms with E-state index in [0.717, 1.165) is 9.04 Å². The Morgan fingerprint density at radius 1 is 1.29 bits per heavy atom. The molecule has 24 heavy (non-hydrogen) atoms. The number of anilines is 1. The SMILES string of the molecule is CCN(Cc1cc(Br)ccc1O)c1c(C#N)c(=O)n(C)c(=O)n1C. The standard InChI is InChI=1S/C16H17BrN4O3/c1-4-21(9-10-7-11(17)5-6-13(10)22)14-12(8-18)15(23)20(3)16(24)19(14)2/h5-7,22H,4,9H2,1-3H3. The van der Waals surface area contributed by atoms with E-state index >= 15 is 0 Å². The van der Waals surface area contributed by atoms with Crippen LogP contribution in [0.1, 0.15) is 18.1 Å². The molecule has 0 radical (unpaired) electrons. The smallest absolute Gasteiger partial charge is 0.332 e. The zero-order valence-electron chi connectivity index (χ0n) is 13.6. The van der Waals surface area contributed by atoms with Gasteiger partial charge in [0.2, 0.25) is 0 Å². The molecule has 2 rings (SSSR count). The van der Waals surface area contributed by atoms with Gasteiger partial charge in [-0.25, -0.2) is 4.79 Å². The summed E-state index contributed by atoms with van der Waals surface area (Å²) >= 11 is 3.35. The molecule has 0 fully saturated rings. The number of benzene rings is 1. The number of hydrogen-bond donors (Lipinski definition) is 1. The Morgan fingerprint density at radius 2 is 1.96 bits per heavy atom. The minimum absolute atomic E-state index is 0.101. The maximum absolute atomic E-state index is 12.2. The molecular formula is C16H17BrN4O3. The average molecular weight is 393 g/mol. The molecule has 2 aromatic rings. The molecule has 0 amide bonds. The first-order valence-corrected chi connectivity index (χ1v) is 8.03. The van der Waals surface area contributed by atoms with Gasteiger partial charge in [-0.15, -0.1) is 0 Å². The Bertz CT molecular complexity index is 940. The van der Waals surface area contributed by atoms with Crippen LogP contribution in [0.4, 0.5) is 5.82 Å². The number of halogens is 1. The normalized spacial score (nSPS) is 10.5. The minimum Gasteiger partial charge on any atom is -0.508 e. The van der Waals surface area contributed by atoms with Crippen molar-refractivity contribution in [1.82, 2.24) is 9.13 Å². The second-order valence-electron chi connectivity index (χ2n) is 5.30. The van der Waals surface area contributed by atoms with Crippen LogP contribution in [0.25, 0.3) is 0 Å². The van der Waals surface area contributed by atoms with E-state index < -0.39 is 11.2 Å². The molecule has 1 heterocycles. The van der Waals surface area contributed by atoms with Crippen LogP contribution in [0.2, 0.25) is 0 Å². The van der Waals surface area contributed by atoms with Crippen molar-refractivity contribution in [2.45, 2.75) is 13.5 Å². The molecule has 126 valence electrons. The highest BCUT2D eigenvalue weighted by Crippen LogP contribution is 2.25. The van der Waals surface area contributed by atoms with E-state index in [4.69, 9.17) is 0 Å². The molecule has 0 atom stereocenters. The summed E-state index contributed by atoms with van der Waals surface area (Å²) in [6, 6.07) is 6.92. The molecule has 1 aromatic heterocycles. The quantitative estimate of drug-likeness (QED) is 0.849. The van der Waals surface area contributed by atoms with Crippen LogP contribution in [0.15, 0.2) is 32.3 Å². The first-order chi connectivity index (χ1) is 11.3. The van der Waals surface area contributed by atoms with E-state index in [-0.39, 0.29) is 23.7 Å². The second kappa shape index (κ2) is 6.93. The number of rotatable bonds is 4. The lowest BCUT2D eigenvalue weighted by Gasteiger charge is -2.26. The summed E-state index contributed by atoms with van der Waals surface area (Å²) in [5.41, 5.74) is -0.627. The fraction of sp³-hybridized carbons (Fsp3) is 0.312. The van der Waals surface area contributed by atoms with Gasteiger partial charge in [-0.1, -0.05) is 15.9 Å². The van der Waals surface area contributed by atoms with Gasteiger partial charge in [0.05, 0.1) is 0 Å². The van der Waals surface area contributed by atoms with Gasteiger partial charge < -0.3 is 10.0 Å². The highest BCUT2D eigenvalue weighted by atomic mass is 79.9. The molecule has 7 nitrogen and oxygen atoms in total. The van der Waals surface area contributed by atoms with Crippen LogP contribution in [0.3, 0.4) is 0 Å². The van der Waals surface area contributed by atoms with E-state index in [1.807, 2.05) is 13.0 Å². The van der Waals surface area contributed by atoms with Crippen molar-refractivity contribution in [3.63, 3.8) is 0 Å². The molecule has 0 aliphatic heterocycles. The van der Waals surface area contributed by atoms with Gasteiger partial charge in [0.1, 0.15) is 17.6 Å². The summed E-state index contributed by atoms with van der Waals surface area (Å²) in [5, 5.41) is 19.4. The van der Waals surface area contributed by atoms with Gasteiger partial charge in [-0.3, -0.25) is 13.9 Å². The lowest BCUT2D eigenvalue weighted by atomic mass is 10.1. The molecule has 1 N–H and O–H groups in total. The number of phenolic OH excluding ortho intramolecular Hbond substituents is 1. The summed E-state index contributed by atoms with van der Waals surface area (Å²) in [7, 11) is 2.85. The molecular weight excluding hydrogens is 376 g/mol. The fourth-order valence-electron chi connectivity index (χ4n) is 2.52. The number of phenols is 1. The topological polar surface area (TPSA) is 91.3 Å². The molecule has 0 unspecified atom stereocenters. The van der Waals surface area contributed by atoms with Gasteiger partial charge in [0.25, 0.3) is 5.56 Å². The van der Waals surface area contributed by atoms with E-state index in [1.165, 1.54) is 18.7 Å². The first-order valence-electron chi connectivity index (χ1n) is 7.24. The van der Waals surface area contributed by atoms with Crippen LogP contribution in [-0.2, 0) is 20.6 Å². The molecule has 0 saturated carbocycles. The van der Waals surface area contributed by atoms with Crippen molar-refractivity contribution in [2.75, 3.05) is 11.4 Å². The Labute approximate surface area is 147 Å². The molecule has 0 aliphatic carbocycles. The Kier molecular flexibility index (Phi) is 5.14. The van der Waals surface area contributed by atoms with Crippen LogP contribution in [0.5, 0.6) is 5.75 Å². The Morgan fingerprint density at radius 3 is 2.54 bits per heavy atom. The Hall–Kier alpha value is -2.53. The maximum atomic E-state index is 12.2. The minimum atomic E-state index is -0.632. The van der Waals surface area contributed by atoms with Crippen molar-refractivity contribution < 1.29 is 5.11 Å². The average Bonchev–Trinajstić information content (AvgIpc) is 2.57. The third-order valence-corrected chi connectivity index (χ3v) is 4.32. The van der Waals surface area contributed by atoms with Crippen molar-refractivity contribution in [3.05, 3.63) is 54.6 Å². The molecule has 0 spiro atoms. The van der Waals surface area contributed by atoms with Gasteiger partial charge in [0, 0.05) is 37.2 Å². The van der Waals surface area contributed by atoms with Gasteiger partial charge >= 0.3 is 5.69 Å². The van der Waals surface area contributed by atoms with Crippen LogP contribution >= 0.6 is 15.9 Å². The van der Waals surface area contributed by atoms with Crippen LogP contribution < -0.4 is 16.1 Å². The van der Waals surface area contributed by atoms with Crippen LogP contribution in [0, 0.1) is 11.3 Å². The van der Waals surface area contributed by atoms with Gasteiger partial charge in [0.15, 0.2) is 5.56 Å². The molecule has 1 aromatic carbocycles. The second-order valence-corrected chi connectivity index (χ2v) is 6.22. The summed E-state index contributed by atoms with van der Waals surface area (Å²) in [6.45, 7) is 2.54. The number of nitrogens with zero attached hydrogens (tertiary/aromatic N) is 4. The van der Waals surface area contributed by atoms with Crippen molar-refractivity contribution in [3.8, 4) is 11.8 Å². The number of nitriles is 1. The third-order valence-electron chi connectivity index (χ3n) is 3.83. The van der Waals surface area contributed by atoms with Crippen molar-refractivity contribution in [1.29, 1.82) is 5.26 Å². The summed E-state index contributed by atoms with van der Waals surface area (Å²) in [6.07, 6.45) is 0. The van der Waals surface area contributed by atoms with Gasteiger partial charge in [-0.2, -0.15) is 5.26 Å². The molecule has 8 heteroatoms. The fourth-order valence-corrected chi connectivity index (χ4v) is 2.93. The van der Waals surface area contributed by atoms with E-state index in [0.29, 0.717) is 12.1 Å². The third kappa shape index (κ3) is 3.08. The maximum Gasteiger partial charge on any atom is 0.332 e. The highest BCUT2D eigenvalue weighted by Gasteiger charge is 2.21. The number of hydrogen-bond acceptors (Lipinski definition) is 5. The monoisotopic (exact) mass is 392 g/mol. The van der Waals surface area contributed by atoms with Crippen molar-refractivity contribution >= 4 is 21.7 Å². The largest absolute Gasteiger partial charge is 0.508 e. The zero-order chi connectivity index (χ0) is 18.0. The van der Waals surface area contributed by atoms with Gasteiger partial charge in [-0.05, 0) is 25.1 Å². The van der Waals surface area contributed by atoms with E-state index in [9.17, 15) is 20.0 Å². The summed E-state index contributed by atoms with van der Waals surface area (Å²) in [4.78, 5) is 26.1. The predicted octanol–water partition coefficient (Wildman–Crippen LogP) is 1.45. The van der Waals surface area contributed by atoms with Crippen LogP contribution in [-0.4, -0.2) is 20.8 Å². The highest BCUT2D eigenvalue weighted by molar-refractivity contribution is 9.10. The lowest BCUT2D eigenvalue weighted by Crippen LogP contribution is -2.42. The molecule has 0 bridgehead atoms. The van der Waals surface area contributed by atoms with E-state index in [1.54, 1.807) is 23.1 Å². The molecule has 0 saturated heterocycles. The Balaban J connectivity index is 2.64. The summed E-state index contributed by atoms with van der Waals surface area (Å²) in [5.74, 6) is 0.344. The lowest BCUT2D eigenvalue weighted by molar-refractivity contribution is 0.467.